The molecule has 0 saturated carbocycles. The molecule has 35 nitrogen and oxygen atoms in total. The number of hydrogen-bond acceptors (Lipinski definition) is 29. The highest BCUT2D eigenvalue weighted by atomic mass is 16.6. The van der Waals surface area contributed by atoms with E-state index in [1.807, 2.05) is 83.1 Å². The molecular weight excluding hydrogens is 1820 g/mol. The zero-order valence-electron chi connectivity index (χ0n) is 95.4. The molecule has 0 atom stereocenters. The average molecular weight is 2020 g/mol. The van der Waals surface area contributed by atoms with E-state index in [-0.39, 0.29) is 72.4 Å². The Morgan fingerprint density at radius 3 is 0.745 bits per heavy atom. The molecule has 3 aliphatic rings. The summed E-state index contributed by atoms with van der Waals surface area (Å²) in [5, 5.41) is 2.80. The summed E-state index contributed by atoms with van der Waals surface area (Å²) >= 11 is 0. The molecule has 0 aromatic rings. The predicted molar refractivity (Wildman–Crippen MR) is 554 cm³/mol. The lowest BCUT2D eigenvalue weighted by molar-refractivity contribution is -0.929. The minimum Gasteiger partial charge on any atom is -0.464 e. The molecule has 35 heteroatoms. The van der Waals surface area contributed by atoms with E-state index in [0.717, 1.165) is 148 Å². The van der Waals surface area contributed by atoms with Gasteiger partial charge in [0.1, 0.15) is 52.6 Å². The van der Waals surface area contributed by atoms with Crippen molar-refractivity contribution in [3.05, 3.63) is 0 Å². The average Bonchev–Trinajstić information content (AvgIpc) is 0.837. The second-order valence-corrected chi connectivity index (χ2v) is 47.6. The largest absolute Gasteiger partial charge is 0.464 e. The van der Waals surface area contributed by atoms with Crippen LogP contribution in [0.1, 0.15) is 240 Å². The molecule has 3 fully saturated rings. The van der Waals surface area contributed by atoms with Crippen LogP contribution in [0.15, 0.2) is 0 Å². The van der Waals surface area contributed by atoms with Crippen molar-refractivity contribution in [1.82, 2.24) is 39.6 Å². The second-order valence-electron chi connectivity index (χ2n) is 47.6. The van der Waals surface area contributed by atoms with Crippen molar-refractivity contribution in [1.29, 1.82) is 0 Å². The van der Waals surface area contributed by atoms with Crippen molar-refractivity contribution in [2.24, 2.45) is 54.1 Å². The van der Waals surface area contributed by atoms with E-state index in [9.17, 15) is 43.2 Å². The van der Waals surface area contributed by atoms with Crippen LogP contribution in [0.25, 0.3) is 0 Å². The normalized spacial score (nSPS) is 14.9. The number of esters is 4. The predicted octanol–water partition coefficient (Wildman–Crippen LogP) is 11.8. The summed E-state index contributed by atoms with van der Waals surface area (Å²) in [4.78, 5) is 121. The second kappa shape index (κ2) is 73.6. The first-order valence-corrected chi connectivity index (χ1v) is 51.8. The Bertz CT molecular complexity index is 3190. The number of rotatable bonds is 64. The summed E-state index contributed by atoms with van der Waals surface area (Å²) in [5.41, 5.74) is -1.12. The maximum atomic E-state index is 12.2. The number of quaternary nitrogens is 1. The summed E-state index contributed by atoms with van der Waals surface area (Å²) in [6.07, 6.45) is 5.07. The zero-order valence-corrected chi connectivity index (χ0v) is 95.4. The van der Waals surface area contributed by atoms with Crippen LogP contribution in [-0.2, 0) is 124 Å². The fourth-order valence-electron chi connectivity index (χ4n) is 12.4. The molecule has 0 aromatic heterocycles. The first-order chi connectivity index (χ1) is 65.4. The van der Waals surface area contributed by atoms with Gasteiger partial charge in [0, 0.05) is 171 Å². The van der Waals surface area contributed by atoms with Crippen molar-refractivity contribution >= 4 is 53.4 Å². The highest BCUT2D eigenvalue weighted by Gasteiger charge is 2.36. The van der Waals surface area contributed by atoms with E-state index in [1.165, 1.54) is 14.7 Å². The molecule has 3 aliphatic heterocycles. The minimum absolute atomic E-state index is 0.0673. The van der Waals surface area contributed by atoms with E-state index < -0.39 is 50.7 Å². The lowest BCUT2D eigenvalue weighted by Crippen LogP contribution is -2.56. The van der Waals surface area contributed by atoms with E-state index >= 15 is 0 Å². The number of ether oxygens (including phenoxy) is 17. The van der Waals surface area contributed by atoms with Gasteiger partial charge in [0.05, 0.1) is 147 Å². The minimum atomic E-state index is -0.578. The highest BCUT2D eigenvalue weighted by molar-refractivity contribution is 6.35. The molecule has 3 heterocycles. The lowest BCUT2D eigenvalue weighted by atomic mass is 9.93. The molecule has 5 amide bonds. The standard InChI is InChI=1S/C27H56NO8.C22H45NO6.C19H35N3O4.C19H34N2O5.C19H38N2O3/c1-26(2,3)9-14-32-15-10-28(11-16-33-21-19-30-7,12-17-34-22-20-31-8)13-18-35-23-24-36-25(29)27(4,5)6;1-21(2,3)8-12-26-13-9-23(10-14-27-17-16-25-7)11-15-28-18-19-29-20(24)22(4,5)6;1-18(2,3)7-13-26-14-12-22-11-10-21(15(23)16(22)24)9-8-20-17(25)19(4,5)6;1-18(2,3)7-12-25-13-10-20-8-9-21(16(23)15(20)22)11-14-26-17(24)19(4,5)6;1-18(2,3)7-14-23-15-12-20-8-10-21(11-9-20)13-16-24-17(22)19(4,5)6/h9-24H2,1-8H3;8-19H2,1-7H3;7-14H2,1-6H3,(H,20,25);7-14H2,1-6H3;7-16H2,1-6H3/q+1;;;;. The first kappa shape index (κ1) is 138. The van der Waals surface area contributed by atoms with Crippen LogP contribution in [0.5, 0.6) is 0 Å². The molecule has 0 bridgehead atoms. The van der Waals surface area contributed by atoms with Crippen LogP contribution in [-0.4, -0.2) is 436 Å². The molecule has 0 unspecified atom stereocenters. The molecule has 3 saturated heterocycles. The third-order valence-corrected chi connectivity index (χ3v) is 22.5. The molecule has 0 radical (unpaired) electrons. The number of nitrogens with zero attached hydrogens (tertiary/aromatic N) is 8. The quantitative estimate of drug-likeness (QED) is 0.0194. The van der Waals surface area contributed by atoms with Gasteiger partial charge in [0.25, 0.3) is 0 Å². The van der Waals surface area contributed by atoms with Gasteiger partial charge in [-0.05, 0) is 142 Å². The lowest BCUT2D eigenvalue weighted by Gasteiger charge is -2.38. The van der Waals surface area contributed by atoms with E-state index in [2.05, 4.69) is 124 Å². The summed E-state index contributed by atoms with van der Waals surface area (Å²) < 4.78 is 94.4. The Morgan fingerprint density at radius 2 is 0.475 bits per heavy atom. The molecular formula is C106H208N9O26+. The van der Waals surface area contributed by atoms with Gasteiger partial charge in [-0.2, -0.15) is 0 Å². The van der Waals surface area contributed by atoms with Gasteiger partial charge in [-0.15, -0.1) is 0 Å². The van der Waals surface area contributed by atoms with Crippen LogP contribution < -0.4 is 5.32 Å². The molecule has 0 aliphatic carbocycles. The summed E-state index contributed by atoms with van der Waals surface area (Å²) in [5.74, 6) is -2.98. The first-order valence-electron chi connectivity index (χ1n) is 51.8. The number of nitrogens with one attached hydrogen (secondary N) is 1. The van der Waals surface area contributed by atoms with Gasteiger partial charge < -0.3 is 110 Å². The number of hydrogen-bond donors (Lipinski definition) is 1. The van der Waals surface area contributed by atoms with Gasteiger partial charge in [0.15, 0.2) is 0 Å². The molecule has 0 aromatic carbocycles. The Kier molecular flexibility index (Phi) is 71.8. The van der Waals surface area contributed by atoms with Crippen LogP contribution in [0.4, 0.5) is 0 Å². The van der Waals surface area contributed by atoms with Gasteiger partial charge in [0.2, 0.25) is 5.91 Å². The Labute approximate surface area is 854 Å². The Morgan fingerprint density at radius 1 is 0.255 bits per heavy atom. The number of carbonyl (C=O) groups is 9. The summed E-state index contributed by atoms with van der Waals surface area (Å²) in [6, 6.07) is 0. The molecule has 832 valence electrons. The van der Waals surface area contributed by atoms with Gasteiger partial charge >= 0.3 is 47.5 Å². The van der Waals surface area contributed by atoms with Crippen molar-refractivity contribution in [2.45, 2.75) is 240 Å². The molecule has 3 rings (SSSR count). The zero-order chi connectivity index (χ0) is 108. The van der Waals surface area contributed by atoms with Gasteiger partial charge in [-0.25, -0.2) is 0 Å². The maximum absolute atomic E-state index is 12.2. The molecule has 1 N–H and O–H groups in total. The van der Waals surface area contributed by atoms with Crippen molar-refractivity contribution in [2.75, 3.05) is 344 Å². The fourth-order valence-corrected chi connectivity index (χ4v) is 12.4. The van der Waals surface area contributed by atoms with E-state index in [1.54, 1.807) is 47.0 Å². The number of methoxy groups -OCH3 is 3. The maximum Gasteiger partial charge on any atom is 0.312 e. The van der Waals surface area contributed by atoms with Crippen molar-refractivity contribution < 1.29 is 128 Å². The summed E-state index contributed by atoms with van der Waals surface area (Å²) in [6.45, 7) is 91.0. The van der Waals surface area contributed by atoms with Crippen LogP contribution in [0, 0.1) is 54.1 Å². The van der Waals surface area contributed by atoms with E-state index in [0.29, 0.717) is 195 Å². The topological polar surface area (TPSA) is 345 Å². The number of amides is 5. The molecule has 141 heavy (non-hydrogen) atoms. The van der Waals surface area contributed by atoms with E-state index in [4.69, 9.17) is 80.5 Å². The Hall–Kier alpha value is -5.45. The number of piperazine rings is 3. The summed E-state index contributed by atoms with van der Waals surface area (Å²) in [7, 11) is 5.01. The molecule has 0 spiro atoms. The number of carbonyl (C=O) groups excluding carboxylic acids is 9. The smallest absolute Gasteiger partial charge is 0.312 e. The highest BCUT2D eigenvalue weighted by Crippen LogP contribution is 2.25. The van der Waals surface area contributed by atoms with Gasteiger partial charge in [-0.3, -0.25) is 57.9 Å². The van der Waals surface area contributed by atoms with Crippen LogP contribution >= 0.6 is 0 Å². The van der Waals surface area contributed by atoms with Crippen molar-refractivity contribution in [3.8, 4) is 0 Å². The third kappa shape index (κ3) is 77.6. The fraction of sp³-hybridized carbons (Fsp3) is 0.915. The SMILES string of the molecule is CC(C)(C)CCOCCN1CCN(CCNC(=O)C(C)(C)C)C(=O)C1=O.CC(C)(C)CCOCCN1CCN(CCOC(=O)C(C)(C)C)C(=O)C1=O.CC(C)(C)CCOCCN1CCN(CCOC(=O)C(C)(C)C)CC1.COCCOCCN(CCOCCOC(=O)C(C)(C)C)CCOCCC(C)(C)C.COCCOCC[N+](CCOCCOC)(CCOCCOC(=O)C(C)(C)C)CCOCCC(C)(C)C. The van der Waals surface area contributed by atoms with Crippen LogP contribution in [0.3, 0.4) is 0 Å². The third-order valence-electron chi connectivity index (χ3n) is 22.5. The van der Waals surface area contributed by atoms with Gasteiger partial charge in [-0.1, -0.05) is 125 Å². The van der Waals surface area contributed by atoms with Crippen molar-refractivity contribution in [3.63, 3.8) is 0 Å². The Balaban J connectivity index is 0. The van der Waals surface area contributed by atoms with Crippen LogP contribution in [0.2, 0.25) is 0 Å². The monoisotopic (exact) mass is 2020 g/mol.